The maximum Gasteiger partial charge on any atom is 0.00990 e. The zero-order valence-electron chi connectivity index (χ0n) is 10.1. The van der Waals surface area contributed by atoms with Crippen molar-refractivity contribution in [1.82, 2.24) is 10.6 Å². The molecule has 0 aromatic heterocycles. The first kappa shape index (κ1) is 11.4. The minimum absolute atomic E-state index is 0.878. The lowest BCUT2D eigenvalue weighted by Gasteiger charge is -2.22. The van der Waals surface area contributed by atoms with Gasteiger partial charge in [-0.15, -0.1) is 0 Å². The first-order chi connectivity index (χ1) is 7.40. The van der Waals surface area contributed by atoms with Gasteiger partial charge in [0, 0.05) is 6.04 Å². The topological polar surface area (TPSA) is 24.1 Å². The van der Waals surface area contributed by atoms with E-state index in [1.165, 1.54) is 58.2 Å². The summed E-state index contributed by atoms with van der Waals surface area (Å²) in [6.45, 7) is 6.06. The average Bonchev–Trinajstić information content (AvgIpc) is 3.05. The average molecular weight is 210 g/mol. The lowest BCUT2D eigenvalue weighted by Crippen LogP contribution is -2.28. The summed E-state index contributed by atoms with van der Waals surface area (Å²) in [6.07, 6.45) is 8.44. The fourth-order valence-electron chi connectivity index (χ4n) is 2.80. The Kier molecular flexibility index (Phi) is 4.45. The third kappa shape index (κ3) is 3.76. The van der Waals surface area contributed by atoms with Crippen molar-refractivity contribution in [2.75, 3.05) is 19.6 Å². The summed E-state index contributed by atoms with van der Waals surface area (Å²) in [7, 11) is 0. The number of nitrogens with one attached hydrogen (secondary N) is 2. The minimum Gasteiger partial charge on any atom is -0.317 e. The van der Waals surface area contributed by atoms with Gasteiger partial charge in [0.1, 0.15) is 0 Å². The van der Waals surface area contributed by atoms with E-state index >= 15 is 0 Å². The Labute approximate surface area is 94.2 Å². The lowest BCUT2D eigenvalue weighted by atomic mass is 9.93. The zero-order valence-corrected chi connectivity index (χ0v) is 10.1. The van der Waals surface area contributed by atoms with E-state index in [0.717, 1.165) is 17.9 Å². The maximum absolute atomic E-state index is 3.68. The highest BCUT2D eigenvalue weighted by Gasteiger charge is 2.34. The molecule has 0 amide bonds. The van der Waals surface area contributed by atoms with Crippen LogP contribution in [0.2, 0.25) is 0 Å². The predicted octanol–water partition coefficient (Wildman–Crippen LogP) is 2.15. The quantitative estimate of drug-likeness (QED) is 0.656. The Morgan fingerprint density at radius 2 is 2.07 bits per heavy atom. The molecule has 0 aromatic carbocycles. The third-order valence-corrected chi connectivity index (χ3v) is 4.10. The molecule has 2 nitrogen and oxygen atoms in total. The lowest BCUT2D eigenvalue weighted by molar-refractivity contribution is 0.344. The number of hydrogen-bond donors (Lipinski definition) is 2. The molecule has 0 spiro atoms. The summed E-state index contributed by atoms with van der Waals surface area (Å²) >= 11 is 0. The molecule has 1 heterocycles. The molecule has 0 radical (unpaired) electrons. The molecule has 0 aromatic rings. The first-order valence-electron chi connectivity index (χ1n) is 6.84. The molecule has 2 heteroatoms. The van der Waals surface area contributed by atoms with Crippen LogP contribution in [0, 0.1) is 11.8 Å². The molecule has 88 valence electrons. The van der Waals surface area contributed by atoms with Gasteiger partial charge >= 0.3 is 0 Å². The van der Waals surface area contributed by atoms with Gasteiger partial charge in [0.25, 0.3) is 0 Å². The largest absolute Gasteiger partial charge is 0.317 e. The molecule has 2 rings (SSSR count). The zero-order chi connectivity index (χ0) is 10.5. The van der Waals surface area contributed by atoms with E-state index in [1.54, 1.807) is 0 Å². The molecule has 15 heavy (non-hydrogen) atoms. The molecule has 2 atom stereocenters. The van der Waals surface area contributed by atoms with Crippen LogP contribution >= 0.6 is 0 Å². The number of piperidine rings is 1. The van der Waals surface area contributed by atoms with Crippen LogP contribution in [-0.2, 0) is 0 Å². The van der Waals surface area contributed by atoms with Crippen LogP contribution in [0.3, 0.4) is 0 Å². The summed E-state index contributed by atoms with van der Waals surface area (Å²) in [4.78, 5) is 0. The van der Waals surface area contributed by atoms with Gasteiger partial charge in [-0.25, -0.2) is 0 Å². The van der Waals surface area contributed by atoms with Crippen LogP contribution in [0.15, 0.2) is 0 Å². The Bertz CT molecular complexity index is 175. The molecule has 2 N–H and O–H groups in total. The van der Waals surface area contributed by atoms with Crippen LogP contribution in [0.1, 0.15) is 45.4 Å². The van der Waals surface area contributed by atoms with Crippen molar-refractivity contribution in [3.8, 4) is 0 Å². The van der Waals surface area contributed by atoms with Gasteiger partial charge in [-0.1, -0.05) is 13.3 Å². The second kappa shape index (κ2) is 5.86. The SMILES string of the molecule is CCC1CC1NCCCC1CCNCC1. The maximum atomic E-state index is 3.68. The van der Waals surface area contributed by atoms with E-state index in [2.05, 4.69) is 17.6 Å². The van der Waals surface area contributed by atoms with Gasteiger partial charge in [-0.3, -0.25) is 0 Å². The second-order valence-electron chi connectivity index (χ2n) is 5.30. The van der Waals surface area contributed by atoms with Crippen molar-refractivity contribution in [3.63, 3.8) is 0 Å². The van der Waals surface area contributed by atoms with Gasteiger partial charge in [-0.2, -0.15) is 0 Å². The molecular formula is C13H26N2. The highest BCUT2D eigenvalue weighted by atomic mass is 15.0. The monoisotopic (exact) mass is 210 g/mol. The summed E-state index contributed by atoms with van der Waals surface area (Å²) in [5, 5.41) is 7.11. The van der Waals surface area contributed by atoms with Crippen molar-refractivity contribution in [3.05, 3.63) is 0 Å². The normalized spacial score (nSPS) is 31.8. The van der Waals surface area contributed by atoms with Crippen LogP contribution in [-0.4, -0.2) is 25.7 Å². The van der Waals surface area contributed by atoms with E-state index in [0.29, 0.717) is 0 Å². The molecule has 2 fully saturated rings. The molecule has 0 bridgehead atoms. The Hall–Kier alpha value is -0.0800. The van der Waals surface area contributed by atoms with Gasteiger partial charge < -0.3 is 10.6 Å². The highest BCUT2D eigenvalue weighted by Crippen LogP contribution is 2.33. The van der Waals surface area contributed by atoms with Crippen LogP contribution in [0.25, 0.3) is 0 Å². The van der Waals surface area contributed by atoms with Gasteiger partial charge in [0.05, 0.1) is 0 Å². The van der Waals surface area contributed by atoms with Crippen molar-refractivity contribution in [2.45, 2.75) is 51.5 Å². The second-order valence-corrected chi connectivity index (χ2v) is 5.30. The fraction of sp³-hybridized carbons (Fsp3) is 1.00. The van der Waals surface area contributed by atoms with Crippen molar-refractivity contribution >= 4 is 0 Å². The smallest absolute Gasteiger partial charge is 0.00990 e. The molecule has 1 saturated carbocycles. The molecule has 2 unspecified atom stereocenters. The van der Waals surface area contributed by atoms with Gasteiger partial charge in [0.2, 0.25) is 0 Å². The molecule has 2 aliphatic rings. The standard InChI is InChI=1S/C13H26N2/c1-2-12-10-13(12)15-7-3-4-11-5-8-14-9-6-11/h11-15H,2-10H2,1H3. The summed E-state index contributed by atoms with van der Waals surface area (Å²) in [5.74, 6) is 2.01. The van der Waals surface area contributed by atoms with Crippen LogP contribution < -0.4 is 10.6 Å². The van der Waals surface area contributed by atoms with E-state index < -0.39 is 0 Å². The summed E-state index contributed by atoms with van der Waals surface area (Å²) < 4.78 is 0. The van der Waals surface area contributed by atoms with E-state index in [4.69, 9.17) is 0 Å². The van der Waals surface area contributed by atoms with Gasteiger partial charge in [0.15, 0.2) is 0 Å². The molecular weight excluding hydrogens is 184 g/mol. The summed E-state index contributed by atoms with van der Waals surface area (Å²) in [5.41, 5.74) is 0. The number of hydrogen-bond acceptors (Lipinski definition) is 2. The van der Waals surface area contributed by atoms with Gasteiger partial charge in [-0.05, 0) is 63.6 Å². The molecule has 1 aliphatic carbocycles. The molecule has 1 saturated heterocycles. The van der Waals surface area contributed by atoms with E-state index in [1.807, 2.05) is 0 Å². The summed E-state index contributed by atoms with van der Waals surface area (Å²) in [6, 6.07) is 0.878. The predicted molar refractivity (Wildman–Crippen MR) is 65.0 cm³/mol. The van der Waals surface area contributed by atoms with Crippen LogP contribution in [0.4, 0.5) is 0 Å². The van der Waals surface area contributed by atoms with E-state index in [9.17, 15) is 0 Å². The van der Waals surface area contributed by atoms with Crippen LogP contribution in [0.5, 0.6) is 0 Å². The van der Waals surface area contributed by atoms with Crippen molar-refractivity contribution in [2.24, 2.45) is 11.8 Å². The minimum atomic E-state index is 0.878. The van der Waals surface area contributed by atoms with E-state index in [-0.39, 0.29) is 0 Å². The Balaban J connectivity index is 1.45. The van der Waals surface area contributed by atoms with Crippen molar-refractivity contribution in [1.29, 1.82) is 0 Å². The van der Waals surface area contributed by atoms with Crippen molar-refractivity contribution < 1.29 is 0 Å². The highest BCUT2D eigenvalue weighted by molar-refractivity contribution is 4.91. The first-order valence-corrected chi connectivity index (χ1v) is 6.84. The third-order valence-electron chi connectivity index (χ3n) is 4.10. The molecule has 1 aliphatic heterocycles. The Morgan fingerprint density at radius 3 is 2.73 bits per heavy atom. The number of rotatable bonds is 6. The Morgan fingerprint density at radius 1 is 1.27 bits per heavy atom. The fourth-order valence-corrected chi connectivity index (χ4v) is 2.80.